The zero-order chi connectivity index (χ0) is 19.3. The zero-order valence-electron chi connectivity index (χ0n) is 15.5. The Morgan fingerprint density at radius 1 is 1.12 bits per heavy atom. The van der Waals surface area contributed by atoms with Crippen LogP contribution in [0.15, 0.2) is 24.3 Å². The Kier molecular flexibility index (Phi) is 6.69. The topological polar surface area (TPSA) is 72.5 Å². The molecule has 0 fully saturated rings. The molecule has 1 aromatic carbocycles. The first-order valence-corrected chi connectivity index (χ1v) is 9.32. The summed E-state index contributed by atoms with van der Waals surface area (Å²) in [7, 11) is 0. The molecule has 0 aliphatic rings. The third-order valence-electron chi connectivity index (χ3n) is 4.03. The molecule has 1 amide bonds. The van der Waals surface area contributed by atoms with Gasteiger partial charge in [-0.2, -0.15) is 0 Å². The first-order chi connectivity index (χ1) is 12.3. The molecule has 2 aromatic rings. The number of nitrogens with one attached hydrogen (secondary N) is 1. The number of thiophene rings is 1. The molecule has 0 saturated carbocycles. The number of hydrogen-bond donors (Lipinski definition) is 1. The van der Waals surface area contributed by atoms with Gasteiger partial charge in [-0.05, 0) is 31.4 Å². The van der Waals surface area contributed by atoms with E-state index in [1.54, 1.807) is 19.1 Å². The number of ether oxygens (including phenoxy) is 1. The van der Waals surface area contributed by atoms with Crippen molar-refractivity contribution in [1.82, 2.24) is 0 Å². The van der Waals surface area contributed by atoms with Gasteiger partial charge in [-0.15, -0.1) is 11.3 Å². The van der Waals surface area contributed by atoms with E-state index in [9.17, 15) is 14.4 Å². The summed E-state index contributed by atoms with van der Waals surface area (Å²) in [5, 5.41) is 3.10. The normalized spacial score (nSPS) is 10.5. The van der Waals surface area contributed by atoms with Crippen molar-refractivity contribution >= 4 is 34.0 Å². The average Bonchev–Trinajstić information content (AvgIpc) is 2.86. The Hall–Kier alpha value is -2.47. The number of benzene rings is 1. The third-order valence-corrected chi connectivity index (χ3v) is 5.15. The number of amides is 1. The zero-order valence-corrected chi connectivity index (χ0v) is 16.3. The molecule has 0 spiro atoms. The highest BCUT2D eigenvalue weighted by Crippen LogP contribution is 2.33. The first kappa shape index (κ1) is 19.8. The number of carbonyl (C=O) groups excluding carboxylic acids is 3. The van der Waals surface area contributed by atoms with E-state index in [0.29, 0.717) is 16.1 Å². The Morgan fingerprint density at radius 3 is 2.35 bits per heavy atom. The van der Waals surface area contributed by atoms with E-state index in [1.165, 1.54) is 23.8 Å². The highest BCUT2D eigenvalue weighted by Gasteiger charge is 2.22. The van der Waals surface area contributed by atoms with E-state index >= 15 is 0 Å². The number of ketones is 1. The lowest BCUT2D eigenvalue weighted by Gasteiger charge is -2.07. The van der Waals surface area contributed by atoms with Crippen molar-refractivity contribution in [2.45, 2.75) is 40.5 Å². The van der Waals surface area contributed by atoms with Crippen molar-refractivity contribution in [3.8, 4) is 0 Å². The Bertz CT molecular complexity index is 821. The number of esters is 1. The second-order valence-corrected chi connectivity index (χ2v) is 7.34. The van der Waals surface area contributed by atoms with Crippen molar-refractivity contribution in [3.63, 3.8) is 0 Å². The minimum absolute atomic E-state index is 0.257. The van der Waals surface area contributed by atoms with Crippen LogP contribution in [-0.4, -0.2) is 24.3 Å². The van der Waals surface area contributed by atoms with Gasteiger partial charge in [-0.1, -0.05) is 37.6 Å². The fourth-order valence-corrected chi connectivity index (χ4v) is 3.65. The van der Waals surface area contributed by atoms with Crippen LogP contribution in [0.3, 0.4) is 0 Å². The van der Waals surface area contributed by atoms with Crippen molar-refractivity contribution in [1.29, 1.82) is 0 Å². The first-order valence-electron chi connectivity index (χ1n) is 8.50. The molecule has 0 bridgehead atoms. The number of rotatable bonds is 7. The van der Waals surface area contributed by atoms with Gasteiger partial charge >= 0.3 is 5.97 Å². The molecule has 0 atom stereocenters. The molecule has 0 saturated heterocycles. The van der Waals surface area contributed by atoms with Crippen LogP contribution >= 0.6 is 11.3 Å². The fourth-order valence-electron chi connectivity index (χ4n) is 2.55. The molecule has 0 unspecified atom stereocenters. The number of anilines is 1. The van der Waals surface area contributed by atoms with E-state index in [1.807, 2.05) is 19.1 Å². The van der Waals surface area contributed by atoms with Crippen LogP contribution < -0.4 is 5.32 Å². The highest BCUT2D eigenvalue weighted by atomic mass is 32.1. The van der Waals surface area contributed by atoms with Crippen LogP contribution in [0, 0.1) is 13.8 Å². The maximum atomic E-state index is 12.4. The minimum atomic E-state index is -0.605. The van der Waals surface area contributed by atoms with Crippen LogP contribution in [0.1, 0.15) is 57.0 Å². The number of carbonyl (C=O) groups is 3. The second-order valence-electron chi connectivity index (χ2n) is 6.11. The molecule has 6 heteroatoms. The van der Waals surface area contributed by atoms with E-state index in [4.69, 9.17) is 4.74 Å². The van der Waals surface area contributed by atoms with Crippen LogP contribution in [0.25, 0.3) is 0 Å². The van der Waals surface area contributed by atoms with Crippen LogP contribution in [-0.2, 0) is 16.0 Å². The van der Waals surface area contributed by atoms with Gasteiger partial charge in [0.15, 0.2) is 12.4 Å². The number of Topliss-reactive ketones (excluding diaryl/α,β-unsaturated/α-hetero) is 1. The largest absolute Gasteiger partial charge is 0.454 e. The van der Waals surface area contributed by atoms with E-state index in [2.05, 4.69) is 12.2 Å². The summed E-state index contributed by atoms with van der Waals surface area (Å²) in [5.41, 5.74) is 2.75. The quantitative estimate of drug-likeness (QED) is 0.580. The average molecular weight is 373 g/mol. The van der Waals surface area contributed by atoms with Crippen molar-refractivity contribution < 1.29 is 19.1 Å². The van der Waals surface area contributed by atoms with Crippen molar-refractivity contribution in [2.75, 3.05) is 11.9 Å². The lowest BCUT2D eigenvalue weighted by atomic mass is 10.1. The van der Waals surface area contributed by atoms with Crippen molar-refractivity contribution in [2.24, 2.45) is 0 Å². The Labute approximate surface area is 157 Å². The van der Waals surface area contributed by atoms with E-state index in [-0.39, 0.29) is 18.3 Å². The second kappa shape index (κ2) is 8.76. The standard InChI is InChI=1S/C20H23NO4S/c1-5-6-15-7-9-16(10-8-15)17(23)11-25-20(24)18-12(2)13(3)26-19(18)21-14(4)22/h7-10H,5-6,11H2,1-4H3,(H,21,22). The monoisotopic (exact) mass is 373 g/mol. The van der Waals surface area contributed by atoms with Gasteiger partial charge in [0.25, 0.3) is 0 Å². The predicted molar refractivity (Wildman–Crippen MR) is 103 cm³/mol. The van der Waals surface area contributed by atoms with E-state index < -0.39 is 5.97 Å². The summed E-state index contributed by atoms with van der Waals surface area (Å²) >= 11 is 1.32. The third kappa shape index (κ3) is 4.79. The minimum Gasteiger partial charge on any atom is -0.454 e. The van der Waals surface area contributed by atoms with Gasteiger partial charge in [-0.25, -0.2) is 4.79 Å². The van der Waals surface area contributed by atoms with Gasteiger partial charge in [0.2, 0.25) is 5.91 Å². The molecule has 2 rings (SSSR count). The molecule has 0 aliphatic heterocycles. The SMILES string of the molecule is CCCc1ccc(C(=O)COC(=O)c2c(NC(C)=O)sc(C)c2C)cc1. The smallest absolute Gasteiger partial charge is 0.341 e. The summed E-state index contributed by atoms with van der Waals surface area (Å²) in [6.07, 6.45) is 2.01. The van der Waals surface area contributed by atoms with Gasteiger partial charge in [-0.3, -0.25) is 9.59 Å². The van der Waals surface area contributed by atoms with E-state index in [0.717, 1.165) is 23.3 Å². The highest BCUT2D eigenvalue weighted by molar-refractivity contribution is 7.16. The molecule has 138 valence electrons. The number of aryl methyl sites for hydroxylation is 2. The maximum Gasteiger partial charge on any atom is 0.341 e. The van der Waals surface area contributed by atoms with Crippen molar-refractivity contribution in [3.05, 3.63) is 51.4 Å². The summed E-state index contributed by atoms with van der Waals surface area (Å²) < 4.78 is 5.21. The maximum absolute atomic E-state index is 12.4. The molecule has 1 aromatic heterocycles. The summed E-state index contributed by atoms with van der Waals surface area (Å²) in [5.74, 6) is -1.12. The lowest BCUT2D eigenvalue weighted by molar-refractivity contribution is -0.114. The Balaban J connectivity index is 2.06. The number of hydrogen-bond acceptors (Lipinski definition) is 5. The fraction of sp³-hybridized carbons (Fsp3) is 0.350. The van der Waals surface area contributed by atoms with Gasteiger partial charge < -0.3 is 10.1 Å². The predicted octanol–water partition coefficient (Wildman–Crippen LogP) is 4.32. The molecule has 26 heavy (non-hydrogen) atoms. The lowest BCUT2D eigenvalue weighted by Crippen LogP contribution is -2.16. The molecule has 0 aliphatic carbocycles. The van der Waals surface area contributed by atoms with Gasteiger partial charge in [0, 0.05) is 17.4 Å². The summed E-state index contributed by atoms with van der Waals surface area (Å²) in [6, 6.07) is 7.34. The van der Waals surface area contributed by atoms with Gasteiger partial charge in [0.1, 0.15) is 5.00 Å². The molecule has 1 heterocycles. The molecular weight excluding hydrogens is 350 g/mol. The Morgan fingerprint density at radius 2 is 1.77 bits per heavy atom. The molecular formula is C20H23NO4S. The summed E-state index contributed by atoms with van der Waals surface area (Å²) in [4.78, 5) is 36.9. The molecule has 1 N–H and O–H groups in total. The molecule has 0 radical (unpaired) electrons. The summed E-state index contributed by atoms with van der Waals surface area (Å²) in [6.45, 7) is 6.81. The van der Waals surface area contributed by atoms with Crippen LogP contribution in [0.5, 0.6) is 0 Å². The van der Waals surface area contributed by atoms with Gasteiger partial charge in [0.05, 0.1) is 5.56 Å². The van der Waals surface area contributed by atoms with Crippen LogP contribution in [0.2, 0.25) is 0 Å². The molecule has 5 nitrogen and oxygen atoms in total. The van der Waals surface area contributed by atoms with Crippen LogP contribution in [0.4, 0.5) is 5.00 Å².